The number of aryl methyl sites for hydroxylation is 2. The molecule has 1 aliphatic heterocycles. The molecule has 3 rings (SSSR count). The van der Waals surface area contributed by atoms with Crippen LogP contribution >= 0.6 is 0 Å². The fraction of sp³-hybridized carbons (Fsp3) is 0.368. The molecule has 0 spiro atoms. The second kappa shape index (κ2) is 7.42. The van der Waals surface area contributed by atoms with Gasteiger partial charge < -0.3 is 10.2 Å². The van der Waals surface area contributed by atoms with E-state index in [1.54, 1.807) is 0 Å². The fourth-order valence-corrected chi connectivity index (χ4v) is 2.96. The van der Waals surface area contributed by atoms with Crippen LogP contribution < -0.4 is 5.32 Å². The summed E-state index contributed by atoms with van der Waals surface area (Å²) in [6, 6.07) is 5.86. The topological polar surface area (TPSA) is 75.2 Å². The quantitative estimate of drug-likeness (QED) is 0.930. The summed E-state index contributed by atoms with van der Waals surface area (Å²) in [4.78, 5) is 34.5. The van der Waals surface area contributed by atoms with Gasteiger partial charge in [-0.3, -0.25) is 14.6 Å². The number of aromatic nitrogens is 2. The highest BCUT2D eigenvalue weighted by atomic mass is 16.2. The largest absolute Gasteiger partial charge is 0.348 e. The Morgan fingerprint density at radius 2 is 1.88 bits per heavy atom. The molecule has 0 aliphatic carbocycles. The maximum absolute atomic E-state index is 12.6. The lowest BCUT2D eigenvalue weighted by atomic mass is 10.0. The number of nitrogens with zero attached hydrogens (tertiary/aromatic N) is 3. The molecule has 1 N–H and O–H groups in total. The van der Waals surface area contributed by atoms with Gasteiger partial charge in [-0.25, -0.2) is 4.98 Å². The molecular weight excluding hydrogens is 316 g/mol. The highest BCUT2D eigenvalue weighted by Crippen LogP contribution is 2.16. The van der Waals surface area contributed by atoms with Gasteiger partial charge in [0, 0.05) is 37.1 Å². The number of carbonyl (C=O) groups excluding carboxylic acids is 2. The van der Waals surface area contributed by atoms with E-state index in [9.17, 15) is 9.59 Å². The Kier molecular flexibility index (Phi) is 5.07. The van der Waals surface area contributed by atoms with Crippen molar-refractivity contribution in [2.75, 3.05) is 13.1 Å². The molecule has 6 heteroatoms. The smallest absolute Gasteiger partial charge is 0.271 e. The molecule has 2 aromatic rings. The summed E-state index contributed by atoms with van der Waals surface area (Å²) < 4.78 is 0. The molecule has 2 amide bonds. The van der Waals surface area contributed by atoms with Gasteiger partial charge in [-0.15, -0.1) is 0 Å². The van der Waals surface area contributed by atoms with Crippen LogP contribution in [0.4, 0.5) is 0 Å². The Morgan fingerprint density at radius 1 is 1.12 bits per heavy atom. The summed E-state index contributed by atoms with van der Waals surface area (Å²) in [5.74, 6) is -0.158. The van der Waals surface area contributed by atoms with Crippen molar-refractivity contribution in [3.8, 4) is 0 Å². The zero-order valence-electron chi connectivity index (χ0n) is 14.5. The van der Waals surface area contributed by atoms with Crippen molar-refractivity contribution in [1.82, 2.24) is 20.2 Å². The molecule has 25 heavy (non-hydrogen) atoms. The highest BCUT2D eigenvalue weighted by molar-refractivity contribution is 5.94. The first-order valence-electron chi connectivity index (χ1n) is 8.48. The lowest BCUT2D eigenvalue weighted by Crippen LogP contribution is -2.46. The third kappa shape index (κ3) is 4.02. The summed E-state index contributed by atoms with van der Waals surface area (Å²) in [7, 11) is 0. The number of hydrogen-bond donors (Lipinski definition) is 1. The average Bonchev–Trinajstić information content (AvgIpc) is 2.65. The number of piperidine rings is 1. The Morgan fingerprint density at radius 3 is 2.52 bits per heavy atom. The zero-order valence-corrected chi connectivity index (χ0v) is 14.5. The molecule has 1 saturated heterocycles. The molecule has 0 saturated carbocycles. The Labute approximate surface area is 147 Å². The zero-order chi connectivity index (χ0) is 17.8. The second-order valence-corrected chi connectivity index (χ2v) is 6.43. The third-order valence-corrected chi connectivity index (χ3v) is 4.67. The molecule has 0 unspecified atom stereocenters. The molecule has 1 aromatic heterocycles. The minimum Gasteiger partial charge on any atom is -0.348 e. The molecule has 1 fully saturated rings. The normalized spacial score (nSPS) is 15.0. The molecule has 130 valence electrons. The predicted octanol–water partition coefficient (Wildman–Crippen LogP) is 2.13. The van der Waals surface area contributed by atoms with E-state index in [2.05, 4.69) is 15.3 Å². The number of likely N-dealkylation sites (tertiary alicyclic amines) is 1. The number of amides is 2. The van der Waals surface area contributed by atoms with Gasteiger partial charge >= 0.3 is 0 Å². The minimum absolute atomic E-state index is 0.0540. The van der Waals surface area contributed by atoms with Crippen LogP contribution in [-0.4, -0.2) is 45.8 Å². The first-order chi connectivity index (χ1) is 12.0. The number of rotatable bonds is 3. The van der Waals surface area contributed by atoms with E-state index < -0.39 is 0 Å². The number of carbonyl (C=O) groups is 2. The van der Waals surface area contributed by atoms with E-state index in [-0.39, 0.29) is 17.9 Å². The maximum Gasteiger partial charge on any atom is 0.271 e. The van der Waals surface area contributed by atoms with Gasteiger partial charge in [-0.1, -0.05) is 6.07 Å². The first kappa shape index (κ1) is 17.1. The van der Waals surface area contributed by atoms with Gasteiger partial charge in [-0.2, -0.15) is 0 Å². The second-order valence-electron chi connectivity index (χ2n) is 6.43. The molecule has 0 radical (unpaired) electrons. The summed E-state index contributed by atoms with van der Waals surface area (Å²) in [6.07, 6.45) is 5.96. The Balaban J connectivity index is 1.55. The Hall–Kier alpha value is -2.76. The molecule has 6 nitrogen and oxygen atoms in total. The summed E-state index contributed by atoms with van der Waals surface area (Å²) in [6.45, 7) is 5.32. The van der Waals surface area contributed by atoms with Gasteiger partial charge in [0.15, 0.2) is 0 Å². The number of benzene rings is 1. The molecule has 2 heterocycles. The standard InChI is InChI=1S/C19H22N4O2/c1-13-3-4-15(11-14(13)2)19(25)23-9-5-16(6-10-23)22-18(24)17-12-20-7-8-21-17/h3-4,7-8,11-12,16H,5-6,9-10H2,1-2H3,(H,22,24). The monoisotopic (exact) mass is 338 g/mol. The fourth-order valence-electron chi connectivity index (χ4n) is 2.96. The van der Waals surface area contributed by atoms with Gasteiger partial charge in [0.25, 0.3) is 11.8 Å². The summed E-state index contributed by atoms with van der Waals surface area (Å²) >= 11 is 0. The van der Waals surface area contributed by atoms with Crippen LogP contribution in [0.2, 0.25) is 0 Å². The molecule has 1 aliphatic rings. The predicted molar refractivity (Wildman–Crippen MR) is 94.3 cm³/mol. The van der Waals surface area contributed by atoms with E-state index in [0.717, 1.165) is 24.0 Å². The lowest BCUT2D eigenvalue weighted by molar-refractivity contribution is 0.0697. The van der Waals surface area contributed by atoms with Crippen LogP contribution in [0, 0.1) is 13.8 Å². The van der Waals surface area contributed by atoms with Crippen molar-refractivity contribution < 1.29 is 9.59 Å². The van der Waals surface area contributed by atoms with Crippen molar-refractivity contribution in [1.29, 1.82) is 0 Å². The summed E-state index contributed by atoms with van der Waals surface area (Å²) in [5.41, 5.74) is 3.35. The van der Waals surface area contributed by atoms with Crippen LogP contribution in [0.1, 0.15) is 44.8 Å². The lowest BCUT2D eigenvalue weighted by Gasteiger charge is -2.32. The van der Waals surface area contributed by atoms with Crippen molar-refractivity contribution in [3.63, 3.8) is 0 Å². The van der Waals surface area contributed by atoms with Crippen molar-refractivity contribution >= 4 is 11.8 Å². The first-order valence-corrected chi connectivity index (χ1v) is 8.48. The van der Waals surface area contributed by atoms with Gasteiger partial charge in [-0.05, 0) is 49.9 Å². The van der Waals surface area contributed by atoms with Crippen molar-refractivity contribution in [2.24, 2.45) is 0 Å². The highest BCUT2D eigenvalue weighted by Gasteiger charge is 2.25. The SMILES string of the molecule is Cc1ccc(C(=O)N2CCC(NC(=O)c3cnccn3)CC2)cc1C. The molecular formula is C19H22N4O2. The van der Waals surface area contributed by atoms with Crippen LogP contribution in [0.5, 0.6) is 0 Å². The molecule has 0 bridgehead atoms. The van der Waals surface area contributed by atoms with Gasteiger partial charge in [0.1, 0.15) is 5.69 Å². The van der Waals surface area contributed by atoms with Crippen molar-refractivity contribution in [2.45, 2.75) is 32.7 Å². The van der Waals surface area contributed by atoms with E-state index in [0.29, 0.717) is 18.8 Å². The minimum atomic E-state index is -0.216. The van der Waals surface area contributed by atoms with E-state index in [1.165, 1.54) is 24.2 Å². The molecule has 0 atom stereocenters. The number of hydrogen-bond acceptors (Lipinski definition) is 4. The van der Waals surface area contributed by atoms with Crippen LogP contribution in [0.3, 0.4) is 0 Å². The van der Waals surface area contributed by atoms with Crippen LogP contribution in [0.25, 0.3) is 0 Å². The third-order valence-electron chi connectivity index (χ3n) is 4.67. The van der Waals surface area contributed by atoms with Gasteiger partial charge in [0.05, 0.1) is 6.20 Å². The summed E-state index contributed by atoms with van der Waals surface area (Å²) in [5, 5.41) is 2.97. The number of nitrogens with one attached hydrogen (secondary N) is 1. The molecule has 1 aromatic carbocycles. The van der Waals surface area contributed by atoms with Crippen molar-refractivity contribution in [3.05, 3.63) is 59.2 Å². The average molecular weight is 338 g/mol. The van der Waals surface area contributed by atoms with Crippen LogP contribution in [0.15, 0.2) is 36.8 Å². The van der Waals surface area contributed by atoms with E-state index >= 15 is 0 Å². The van der Waals surface area contributed by atoms with Crippen LogP contribution in [-0.2, 0) is 0 Å². The maximum atomic E-state index is 12.6. The van der Waals surface area contributed by atoms with E-state index in [1.807, 2.05) is 36.9 Å². The van der Waals surface area contributed by atoms with Gasteiger partial charge in [0.2, 0.25) is 0 Å². The van der Waals surface area contributed by atoms with E-state index in [4.69, 9.17) is 0 Å². The Bertz CT molecular complexity index is 768.